The summed E-state index contributed by atoms with van der Waals surface area (Å²) in [5, 5.41) is 5.69. The predicted octanol–water partition coefficient (Wildman–Crippen LogP) is 1.33. The molecule has 0 aliphatic carbocycles. The maximum atomic E-state index is 13.4. The molecule has 10 heteroatoms. The molecule has 0 saturated carbocycles. The number of sulfonamides is 1. The van der Waals surface area contributed by atoms with Crippen LogP contribution in [-0.2, 0) is 19.6 Å². The number of benzene rings is 1. The smallest absolute Gasteiger partial charge is 0.262 e. The number of nitrogens with zero attached hydrogens (tertiary/aromatic N) is 2. The SMILES string of the molecule is Cc1cc2c(cc1S(=O)(=O)N1CCC[C@H](C(=O)NCCCN3CCCC3)C1)OCC(=O)N2. The van der Waals surface area contributed by atoms with Crippen molar-refractivity contribution in [1.82, 2.24) is 14.5 Å². The van der Waals surface area contributed by atoms with Crippen molar-refractivity contribution in [3.05, 3.63) is 17.7 Å². The topological polar surface area (TPSA) is 108 Å². The molecule has 2 N–H and O–H groups in total. The van der Waals surface area contributed by atoms with E-state index in [0.717, 1.165) is 26.1 Å². The summed E-state index contributed by atoms with van der Waals surface area (Å²) in [6.07, 6.45) is 4.74. The first-order valence-corrected chi connectivity index (χ1v) is 12.9. The second kappa shape index (κ2) is 9.76. The molecule has 3 heterocycles. The predicted molar refractivity (Wildman–Crippen MR) is 120 cm³/mol. The van der Waals surface area contributed by atoms with Gasteiger partial charge in [0, 0.05) is 25.7 Å². The Morgan fingerprint density at radius 1 is 1.22 bits per heavy atom. The van der Waals surface area contributed by atoms with E-state index in [4.69, 9.17) is 4.74 Å². The van der Waals surface area contributed by atoms with Crippen LogP contribution in [0.4, 0.5) is 5.69 Å². The molecule has 32 heavy (non-hydrogen) atoms. The number of anilines is 1. The Morgan fingerprint density at radius 2 is 2.00 bits per heavy atom. The number of likely N-dealkylation sites (tertiary alicyclic amines) is 1. The van der Waals surface area contributed by atoms with Crippen molar-refractivity contribution in [3.63, 3.8) is 0 Å². The standard InChI is InChI=1S/C22H32N4O5S/c1-16-12-18-19(31-15-21(27)24-18)13-20(16)32(29,30)26-11-4-6-17(14-26)22(28)23-7-5-10-25-8-2-3-9-25/h12-13,17H,2-11,14-15H2,1H3,(H,23,28)(H,24,27)/t17-/m0/s1. The summed E-state index contributed by atoms with van der Waals surface area (Å²) in [5.41, 5.74) is 1.01. The number of piperidine rings is 1. The van der Waals surface area contributed by atoms with Gasteiger partial charge in [0.15, 0.2) is 6.61 Å². The minimum absolute atomic E-state index is 0.0699. The minimum Gasteiger partial charge on any atom is -0.482 e. The summed E-state index contributed by atoms with van der Waals surface area (Å²) in [5.74, 6) is -0.339. The highest BCUT2D eigenvalue weighted by atomic mass is 32.2. The molecule has 176 valence electrons. The maximum absolute atomic E-state index is 13.4. The van der Waals surface area contributed by atoms with E-state index in [1.54, 1.807) is 13.0 Å². The fraction of sp³-hybridized carbons (Fsp3) is 0.636. The summed E-state index contributed by atoms with van der Waals surface area (Å²) in [6, 6.07) is 3.09. The van der Waals surface area contributed by atoms with E-state index in [0.29, 0.717) is 42.9 Å². The summed E-state index contributed by atoms with van der Waals surface area (Å²) in [7, 11) is -3.79. The summed E-state index contributed by atoms with van der Waals surface area (Å²) in [4.78, 5) is 26.8. The van der Waals surface area contributed by atoms with Crippen molar-refractivity contribution >= 4 is 27.5 Å². The molecule has 1 atom stereocenters. The monoisotopic (exact) mass is 464 g/mol. The molecule has 1 aromatic carbocycles. The lowest BCUT2D eigenvalue weighted by Gasteiger charge is -2.32. The quantitative estimate of drug-likeness (QED) is 0.590. The lowest BCUT2D eigenvalue weighted by Crippen LogP contribution is -2.45. The number of aryl methyl sites for hydroxylation is 1. The van der Waals surface area contributed by atoms with E-state index in [2.05, 4.69) is 15.5 Å². The Labute approximate surface area is 189 Å². The second-order valence-electron chi connectivity index (χ2n) is 8.85. The van der Waals surface area contributed by atoms with Crippen molar-refractivity contribution in [1.29, 1.82) is 0 Å². The van der Waals surface area contributed by atoms with Crippen LogP contribution in [0.5, 0.6) is 5.75 Å². The third-order valence-corrected chi connectivity index (χ3v) is 8.44. The fourth-order valence-electron chi connectivity index (χ4n) is 4.67. The summed E-state index contributed by atoms with van der Waals surface area (Å²) in [6.45, 7) is 6.01. The Balaban J connectivity index is 1.37. The van der Waals surface area contributed by atoms with Crippen molar-refractivity contribution in [2.75, 3.05) is 51.2 Å². The van der Waals surface area contributed by atoms with Crippen molar-refractivity contribution < 1.29 is 22.7 Å². The average Bonchev–Trinajstić information content (AvgIpc) is 3.29. The highest BCUT2D eigenvalue weighted by Crippen LogP contribution is 2.35. The molecule has 0 spiro atoms. The molecular formula is C22H32N4O5S. The van der Waals surface area contributed by atoms with E-state index in [1.165, 1.54) is 23.2 Å². The summed E-state index contributed by atoms with van der Waals surface area (Å²) >= 11 is 0. The Hall–Kier alpha value is -2.17. The third-order valence-electron chi connectivity index (χ3n) is 6.43. The lowest BCUT2D eigenvalue weighted by molar-refractivity contribution is -0.126. The van der Waals surface area contributed by atoms with Crippen molar-refractivity contribution in [3.8, 4) is 5.75 Å². The molecule has 0 radical (unpaired) electrons. The molecule has 0 aromatic heterocycles. The molecule has 0 bridgehead atoms. The van der Waals surface area contributed by atoms with Crippen LogP contribution in [-0.4, -0.2) is 75.3 Å². The largest absolute Gasteiger partial charge is 0.482 e. The zero-order chi connectivity index (χ0) is 22.7. The van der Waals surface area contributed by atoms with Crippen LogP contribution in [0.15, 0.2) is 17.0 Å². The van der Waals surface area contributed by atoms with Gasteiger partial charge in [0.2, 0.25) is 15.9 Å². The number of ether oxygens (including phenoxy) is 1. The molecule has 2 saturated heterocycles. The number of rotatable bonds is 7. The molecule has 0 unspecified atom stereocenters. The zero-order valence-corrected chi connectivity index (χ0v) is 19.4. The van der Waals surface area contributed by atoms with Crippen LogP contribution >= 0.6 is 0 Å². The number of nitrogens with one attached hydrogen (secondary N) is 2. The average molecular weight is 465 g/mol. The van der Waals surface area contributed by atoms with Gasteiger partial charge < -0.3 is 20.3 Å². The van der Waals surface area contributed by atoms with Gasteiger partial charge in [0.25, 0.3) is 5.91 Å². The van der Waals surface area contributed by atoms with Gasteiger partial charge in [0.05, 0.1) is 16.5 Å². The van der Waals surface area contributed by atoms with Gasteiger partial charge in [-0.3, -0.25) is 9.59 Å². The lowest BCUT2D eigenvalue weighted by atomic mass is 9.99. The molecule has 2 amide bonds. The molecule has 3 aliphatic heterocycles. The van der Waals surface area contributed by atoms with Gasteiger partial charge >= 0.3 is 0 Å². The number of hydrogen-bond donors (Lipinski definition) is 2. The van der Waals surface area contributed by atoms with Crippen LogP contribution in [0.1, 0.15) is 37.7 Å². The van der Waals surface area contributed by atoms with E-state index in [-0.39, 0.29) is 35.8 Å². The van der Waals surface area contributed by atoms with Crippen molar-refractivity contribution in [2.45, 2.75) is 43.9 Å². The Bertz CT molecular complexity index is 975. The third kappa shape index (κ3) is 5.07. The molecular weight excluding hydrogens is 432 g/mol. The fourth-order valence-corrected chi connectivity index (χ4v) is 6.42. The maximum Gasteiger partial charge on any atom is 0.262 e. The normalized spacial score (nSPS) is 22.2. The number of carbonyl (C=O) groups is 2. The number of hydrogen-bond acceptors (Lipinski definition) is 6. The van der Waals surface area contributed by atoms with Gasteiger partial charge in [-0.15, -0.1) is 0 Å². The van der Waals surface area contributed by atoms with Crippen LogP contribution in [0.2, 0.25) is 0 Å². The highest BCUT2D eigenvalue weighted by molar-refractivity contribution is 7.89. The number of carbonyl (C=O) groups excluding carboxylic acids is 2. The van der Waals surface area contributed by atoms with E-state index in [9.17, 15) is 18.0 Å². The van der Waals surface area contributed by atoms with Crippen LogP contribution < -0.4 is 15.4 Å². The zero-order valence-electron chi connectivity index (χ0n) is 18.6. The van der Waals surface area contributed by atoms with E-state index >= 15 is 0 Å². The summed E-state index contributed by atoms with van der Waals surface area (Å²) < 4.78 is 33.6. The van der Waals surface area contributed by atoms with Gasteiger partial charge in [-0.1, -0.05) is 0 Å². The Kier molecular flexibility index (Phi) is 7.02. The number of amides is 2. The highest BCUT2D eigenvalue weighted by Gasteiger charge is 2.35. The second-order valence-corrected chi connectivity index (χ2v) is 10.8. The van der Waals surface area contributed by atoms with Gasteiger partial charge in [0.1, 0.15) is 5.75 Å². The van der Waals surface area contributed by atoms with Gasteiger partial charge in [-0.25, -0.2) is 8.42 Å². The minimum atomic E-state index is -3.79. The molecule has 3 aliphatic rings. The van der Waals surface area contributed by atoms with E-state index < -0.39 is 10.0 Å². The molecule has 2 fully saturated rings. The van der Waals surface area contributed by atoms with Gasteiger partial charge in [-0.05, 0) is 70.3 Å². The first-order valence-electron chi connectivity index (χ1n) is 11.4. The van der Waals surface area contributed by atoms with E-state index in [1.807, 2.05) is 0 Å². The van der Waals surface area contributed by atoms with Crippen LogP contribution in [0.3, 0.4) is 0 Å². The van der Waals surface area contributed by atoms with Crippen LogP contribution in [0.25, 0.3) is 0 Å². The van der Waals surface area contributed by atoms with Gasteiger partial charge in [-0.2, -0.15) is 4.31 Å². The Morgan fingerprint density at radius 3 is 2.78 bits per heavy atom. The number of fused-ring (bicyclic) bond motifs is 1. The molecule has 1 aromatic rings. The van der Waals surface area contributed by atoms with Crippen molar-refractivity contribution in [2.24, 2.45) is 5.92 Å². The first-order chi connectivity index (χ1) is 15.3. The first kappa shape index (κ1) is 23.0. The molecule has 9 nitrogen and oxygen atoms in total. The van der Waals surface area contributed by atoms with Crippen LogP contribution in [0, 0.1) is 12.8 Å². The molecule has 4 rings (SSSR count).